The summed E-state index contributed by atoms with van der Waals surface area (Å²) in [5.41, 5.74) is 5.56. The van der Waals surface area contributed by atoms with Crippen LogP contribution in [-0.4, -0.2) is 105 Å². The number of rotatable bonds is 5. The highest BCUT2D eigenvalue weighted by atomic mass is 16.6. The lowest BCUT2D eigenvalue weighted by Gasteiger charge is -2.16. The maximum Gasteiger partial charge on any atom is 0.351 e. The van der Waals surface area contributed by atoms with Crippen LogP contribution in [0, 0.1) is 0 Å². The predicted octanol–water partition coefficient (Wildman–Crippen LogP) is -4.27. The molecule has 2 unspecified atom stereocenters. The maximum atomic E-state index is 11.6. The van der Waals surface area contributed by atoms with Gasteiger partial charge in [0.2, 0.25) is 0 Å². The molecule has 4 heterocycles. The van der Waals surface area contributed by atoms with Gasteiger partial charge >= 0.3 is 11.4 Å². The average molecular weight is 518 g/mol. The van der Waals surface area contributed by atoms with Crippen molar-refractivity contribution in [2.75, 3.05) is 24.4 Å². The average Bonchev–Trinajstić information content (AvgIpc) is 3.29. The number of aromatic nitrogens is 4. The van der Waals surface area contributed by atoms with Crippen molar-refractivity contribution in [3.8, 4) is 0 Å². The highest BCUT2D eigenvalue weighted by molar-refractivity contribution is 5.28. The van der Waals surface area contributed by atoms with Gasteiger partial charge in [0, 0.05) is 12.4 Å². The number of hydrogen-bond acceptors (Lipinski definition) is 15. The number of aliphatic hydroxyl groups excluding tert-OH is 6. The van der Waals surface area contributed by atoms with Gasteiger partial charge < -0.3 is 45.8 Å². The fourth-order valence-corrected chi connectivity index (χ4v) is 3.51. The molecule has 0 aliphatic carbocycles. The quantitative estimate of drug-likeness (QED) is 0.170. The summed E-state index contributed by atoms with van der Waals surface area (Å²) in [6, 6.07) is 2.66. The first-order valence-electron chi connectivity index (χ1n) is 10.2. The van der Waals surface area contributed by atoms with Crippen molar-refractivity contribution in [3.63, 3.8) is 0 Å². The van der Waals surface area contributed by atoms with Gasteiger partial charge in [-0.3, -0.25) is 19.8 Å². The number of nitrogen functional groups attached to an aromatic ring is 1. The summed E-state index contributed by atoms with van der Waals surface area (Å²) in [5.74, 6) is 0.000914. The van der Waals surface area contributed by atoms with E-state index in [-0.39, 0.29) is 19.1 Å². The van der Waals surface area contributed by atoms with Crippen LogP contribution in [0.2, 0.25) is 0 Å². The molecule has 2 fully saturated rings. The topological polar surface area (TPSA) is 268 Å². The Bertz CT molecular complexity index is 1110. The van der Waals surface area contributed by atoms with Gasteiger partial charge in [-0.25, -0.2) is 9.59 Å². The zero-order valence-electron chi connectivity index (χ0n) is 18.0. The molecule has 17 heteroatoms. The molecule has 2 aliphatic rings. The molecule has 0 saturated carbocycles. The van der Waals surface area contributed by atoms with E-state index < -0.39 is 73.7 Å². The highest BCUT2D eigenvalue weighted by Crippen LogP contribution is 2.29. The van der Waals surface area contributed by atoms with Crippen LogP contribution in [0.15, 0.2) is 34.1 Å². The molecule has 10 N–H and O–H groups in total. The van der Waals surface area contributed by atoms with Crippen LogP contribution in [-0.2, 0) is 9.47 Å². The number of nitrogens with zero attached hydrogens (tertiary/aromatic N) is 4. The van der Waals surface area contributed by atoms with Crippen LogP contribution >= 0.6 is 0 Å². The lowest BCUT2D eigenvalue weighted by molar-refractivity contribution is -0.0549. The lowest BCUT2D eigenvalue weighted by Crippen LogP contribution is -2.36. The maximum absolute atomic E-state index is 11.6. The molecule has 2 aromatic heterocycles. The van der Waals surface area contributed by atoms with Gasteiger partial charge in [-0.1, -0.05) is 7.43 Å². The van der Waals surface area contributed by atoms with E-state index >= 15 is 0 Å². The summed E-state index contributed by atoms with van der Waals surface area (Å²) in [5, 5.41) is 64.9. The Labute approximate surface area is 203 Å². The fourth-order valence-electron chi connectivity index (χ4n) is 3.51. The van der Waals surface area contributed by atoms with Crippen LogP contribution in [0.1, 0.15) is 19.9 Å². The van der Waals surface area contributed by atoms with Crippen molar-refractivity contribution in [3.05, 3.63) is 45.5 Å². The van der Waals surface area contributed by atoms with E-state index in [4.69, 9.17) is 30.6 Å². The van der Waals surface area contributed by atoms with Gasteiger partial charge in [-0.2, -0.15) is 9.97 Å². The summed E-state index contributed by atoms with van der Waals surface area (Å²) in [6.07, 6.45) is -6.76. The third-order valence-corrected chi connectivity index (χ3v) is 5.38. The number of nitrogens with one attached hydrogen (secondary N) is 1. The molecule has 36 heavy (non-hydrogen) atoms. The van der Waals surface area contributed by atoms with E-state index in [9.17, 15) is 30.0 Å². The smallest absolute Gasteiger partial charge is 0.351 e. The molecule has 0 spiro atoms. The van der Waals surface area contributed by atoms with Crippen LogP contribution in [0.5, 0.6) is 0 Å². The molecule has 0 radical (unpaired) electrons. The number of anilines is 2. The van der Waals surface area contributed by atoms with Crippen LogP contribution in [0.25, 0.3) is 0 Å². The predicted molar refractivity (Wildman–Crippen MR) is 120 cm³/mol. The number of nitrogens with two attached hydrogens (primary N) is 1. The van der Waals surface area contributed by atoms with Crippen molar-refractivity contribution in [2.24, 2.45) is 0 Å². The van der Waals surface area contributed by atoms with E-state index in [1.54, 1.807) is 5.48 Å². The highest BCUT2D eigenvalue weighted by Gasteiger charge is 2.44. The SMILES string of the molecule is C.Nc1ccn([C@@H]2O[C@H](CO)[C@H](O)C2O)c(=O)n1.O=c1nc(NO)ccn1[C@@H]1O[C@H](CO)[C@H](O)C1O. The van der Waals surface area contributed by atoms with Crippen molar-refractivity contribution in [1.82, 2.24) is 19.1 Å². The normalized spacial score (nSPS) is 31.3. The van der Waals surface area contributed by atoms with Gasteiger partial charge in [0.15, 0.2) is 18.3 Å². The number of ether oxygens (including phenoxy) is 2. The van der Waals surface area contributed by atoms with Crippen LogP contribution in [0.4, 0.5) is 11.6 Å². The van der Waals surface area contributed by atoms with Gasteiger partial charge in [-0.15, -0.1) is 0 Å². The Morgan fingerprint density at radius 2 is 1.28 bits per heavy atom. The lowest BCUT2D eigenvalue weighted by atomic mass is 10.1. The van der Waals surface area contributed by atoms with E-state index in [2.05, 4.69) is 9.97 Å². The van der Waals surface area contributed by atoms with Crippen LogP contribution < -0.4 is 22.6 Å². The zero-order chi connectivity index (χ0) is 25.9. The second kappa shape index (κ2) is 12.3. The molecule has 17 nitrogen and oxygen atoms in total. The Morgan fingerprint density at radius 3 is 1.64 bits per heavy atom. The van der Waals surface area contributed by atoms with Crippen molar-refractivity contribution in [2.45, 2.75) is 56.5 Å². The van der Waals surface area contributed by atoms with Gasteiger partial charge in [0.1, 0.15) is 42.4 Å². The standard InChI is InChI=1S/C9H13N3O6.C9H13N3O5.CH4/c13-3-4-6(14)7(15)8(18-4)12-2-1-5(11-17)10-9(12)16;10-5-1-2-12(9(16)11-5)8-7(15)6(14)4(3-13)17-8;/h1-2,4,6-8,13-15,17H,3H2,(H,10,11,16);1-2,4,6-8,13-15H,3H2,(H2,10,11,16);1H4/t2*4-,6+,7?,8-;/m11./s1. The molecular weight excluding hydrogens is 488 g/mol. The van der Waals surface area contributed by atoms with Gasteiger partial charge in [-0.05, 0) is 12.1 Å². The Kier molecular flexibility index (Phi) is 9.99. The first-order valence-corrected chi connectivity index (χ1v) is 10.2. The van der Waals surface area contributed by atoms with E-state index in [0.29, 0.717) is 0 Å². The van der Waals surface area contributed by atoms with Crippen molar-refractivity contribution >= 4 is 11.6 Å². The first kappa shape index (κ1) is 29.2. The minimum Gasteiger partial charge on any atom is -0.394 e. The Balaban J connectivity index is 0.000000247. The Hall–Kier alpha value is -3.00. The van der Waals surface area contributed by atoms with Crippen molar-refractivity contribution in [1.29, 1.82) is 0 Å². The van der Waals surface area contributed by atoms with E-state index in [1.807, 2.05) is 0 Å². The molecule has 0 amide bonds. The van der Waals surface area contributed by atoms with Crippen molar-refractivity contribution < 1.29 is 45.3 Å². The molecule has 2 aromatic rings. The fraction of sp³-hybridized carbons (Fsp3) is 0.579. The summed E-state index contributed by atoms with van der Waals surface area (Å²) in [4.78, 5) is 30.0. The van der Waals surface area contributed by atoms with Crippen LogP contribution in [0.3, 0.4) is 0 Å². The number of aliphatic hydroxyl groups is 6. The summed E-state index contributed by atoms with van der Waals surface area (Å²) < 4.78 is 12.3. The van der Waals surface area contributed by atoms with E-state index in [1.165, 1.54) is 24.5 Å². The number of hydrogen-bond donors (Lipinski definition) is 9. The largest absolute Gasteiger partial charge is 0.394 e. The minimum atomic E-state index is -1.35. The summed E-state index contributed by atoms with van der Waals surface area (Å²) in [6.45, 7) is -0.931. The molecule has 2 saturated heterocycles. The third kappa shape index (κ3) is 5.86. The summed E-state index contributed by atoms with van der Waals surface area (Å²) in [7, 11) is 0. The Morgan fingerprint density at radius 1 is 0.833 bits per heavy atom. The molecule has 4 rings (SSSR count). The summed E-state index contributed by atoms with van der Waals surface area (Å²) >= 11 is 0. The zero-order valence-corrected chi connectivity index (χ0v) is 18.0. The second-order valence-electron chi connectivity index (χ2n) is 7.61. The van der Waals surface area contributed by atoms with E-state index in [0.717, 1.165) is 9.13 Å². The second-order valence-corrected chi connectivity index (χ2v) is 7.61. The molecule has 0 aromatic carbocycles. The molecule has 202 valence electrons. The minimum absolute atomic E-state index is 0. The molecule has 0 bridgehead atoms. The molecule has 8 atom stereocenters. The monoisotopic (exact) mass is 518 g/mol. The van der Waals surface area contributed by atoms with Gasteiger partial charge in [0.25, 0.3) is 0 Å². The first-order chi connectivity index (χ1) is 16.6. The van der Waals surface area contributed by atoms with Gasteiger partial charge in [0.05, 0.1) is 13.2 Å². The molecular formula is C19H30N6O11. The molecule has 2 aliphatic heterocycles. The third-order valence-electron chi connectivity index (χ3n) is 5.38.